The van der Waals surface area contributed by atoms with Crippen molar-refractivity contribution in [2.24, 2.45) is 17.2 Å². The molecule has 0 amide bonds. The summed E-state index contributed by atoms with van der Waals surface area (Å²) in [5.41, 5.74) is 14.8. The highest BCUT2D eigenvalue weighted by atomic mass is 16.4. The second-order valence-corrected chi connectivity index (χ2v) is 5.20. The van der Waals surface area contributed by atoms with Crippen molar-refractivity contribution in [3.05, 3.63) is 0 Å². The third-order valence-electron chi connectivity index (χ3n) is 2.98. The number of carbonyl (C=O) groups is 3. The van der Waals surface area contributed by atoms with Crippen LogP contribution in [0.2, 0.25) is 0 Å². The molecule has 148 valence electrons. The predicted molar refractivity (Wildman–Crippen MR) is 86.6 cm³/mol. The Morgan fingerprint density at radius 3 is 1.88 bits per heavy atom. The summed E-state index contributed by atoms with van der Waals surface area (Å²) in [6, 6.07) is -1.43. The van der Waals surface area contributed by atoms with Gasteiger partial charge < -0.3 is 48.1 Å². The number of aliphatic hydroxyl groups is 2. The van der Waals surface area contributed by atoms with Gasteiger partial charge in [-0.05, 0) is 12.8 Å². The Kier molecular flexibility index (Phi) is 14.7. The molecule has 12 heteroatoms. The Labute approximate surface area is 144 Å². The van der Waals surface area contributed by atoms with E-state index in [0.717, 1.165) is 0 Å². The van der Waals surface area contributed by atoms with Gasteiger partial charge >= 0.3 is 17.9 Å². The smallest absolute Gasteiger partial charge is 0.320 e. The highest BCUT2D eigenvalue weighted by molar-refractivity contribution is 5.74. The first-order chi connectivity index (χ1) is 11.5. The summed E-state index contributed by atoms with van der Waals surface area (Å²) in [4.78, 5) is 29.6. The van der Waals surface area contributed by atoms with Crippen molar-refractivity contribution >= 4 is 17.9 Å². The molecule has 1 aliphatic rings. The van der Waals surface area contributed by atoms with E-state index >= 15 is 0 Å². The van der Waals surface area contributed by atoms with Gasteiger partial charge in [0.2, 0.25) is 0 Å². The zero-order valence-electron chi connectivity index (χ0n) is 13.7. The third kappa shape index (κ3) is 15.4. The minimum Gasteiger partial charge on any atom is -0.480 e. The number of carboxylic acid groups (broad SMARTS) is 3. The summed E-state index contributed by atoms with van der Waals surface area (Å²) in [5.74, 6) is -2.90. The topological polar surface area (TPSA) is 242 Å². The number of aliphatic hydroxyl groups excluding tert-OH is 2. The summed E-state index contributed by atoms with van der Waals surface area (Å²) in [6.45, 7) is 0.267. The van der Waals surface area contributed by atoms with E-state index < -0.39 is 42.2 Å². The Morgan fingerprint density at radius 2 is 1.64 bits per heavy atom. The lowest BCUT2D eigenvalue weighted by Crippen LogP contribution is -2.32. The number of aliphatic carboxylic acids is 3. The largest absolute Gasteiger partial charge is 0.480 e. The number of carboxylic acids is 3. The molecule has 0 radical (unpaired) electrons. The van der Waals surface area contributed by atoms with Gasteiger partial charge in [-0.2, -0.15) is 0 Å². The van der Waals surface area contributed by atoms with Crippen LogP contribution in [-0.4, -0.2) is 87.4 Å². The molecule has 4 atom stereocenters. The van der Waals surface area contributed by atoms with Gasteiger partial charge in [0.1, 0.15) is 12.1 Å². The number of hydrogen-bond acceptors (Lipinski definition) is 9. The van der Waals surface area contributed by atoms with Crippen molar-refractivity contribution in [2.45, 2.75) is 43.6 Å². The van der Waals surface area contributed by atoms with Gasteiger partial charge in [-0.25, -0.2) is 0 Å². The van der Waals surface area contributed by atoms with Crippen LogP contribution in [0.4, 0.5) is 0 Å². The molecule has 0 bridgehead atoms. The molecule has 0 aromatic carbocycles. The van der Waals surface area contributed by atoms with Crippen LogP contribution in [0.15, 0.2) is 0 Å². The molecular weight excluding hydrogens is 340 g/mol. The van der Waals surface area contributed by atoms with Crippen molar-refractivity contribution < 1.29 is 39.9 Å². The molecule has 1 aliphatic heterocycles. The number of hydrogen-bond donors (Lipinski definition) is 9. The molecule has 1 fully saturated rings. The van der Waals surface area contributed by atoms with Gasteiger partial charge in [-0.15, -0.1) is 0 Å². The van der Waals surface area contributed by atoms with Crippen LogP contribution >= 0.6 is 0 Å². The first-order valence-electron chi connectivity index (χ1n) is 7.47. The molecule has 0 aromatic rings. The van der Waals surface area contributed by atoms with Crippen LogP contribution in [0.1, 0.15) is 19.3 Å². The number of nitrogens with two attached hydrogens (primary N) is 3. The Morgan fingerprint density at radius 1 is 1.12 bits per heavy atom. The molecule has 0 spiro atoms. The summed E-state index contributed by atoms with van der Waals surface area (Å²) >= 11 is 0. The van der Waals surface area contributed by atoms with Gasteiger partial charge in [0.15, 0.2) is 0 Å². The fraction of sp³-hybridized carbons (Fsp3) is 0.769. The fourth-order valence-corrected chi connectivity index (χ4v) is 1.52. The minimum atomic E-state index is -1.05. The van der Waals surface area contributed by atoms with E-state index in [1.165, 1.54) is 0 Å². The van der Waals surface area contributed by atoms with Crippen LogP contribution in [0.5, 0.6) is 0 Å². The highest BCUT2D eigenvalue weighted by Crippen LogP contribution is 2.05. The van der Waals surface area contributed by atoms with Gasteiger partial charge in [-0.3, -0.25) is 14.4 Å². The van der Waals surface area contributed by atoms with Crippen molar-refractivity contribution in [2.75, 3.05) is 19.6 Å². The maximum Gasteiger partial charge on any atom is 0.320 e. The second-order valence-electron chi connectivity index (χ2n) is 5.20. The van der Waals surface area contributed by atoms with Crippen molar-refractivity contribution in [3.8, 4) is 0 Å². The minimum absolute atomic E-state index is 0.145. The molecule has 1 rings (SSSR count). The second kappa shape index (κ2) is 14.5. The average molecular weight is 368 g/mol. The normalized spacial score (nSPS) is 21.0. The van der Waals surface area contributed by atoms with Crippen molar-refractivity contribution in [3.63, 3.8) is 0 Å². The average Bonchev–Trinajstić information content (AvgIpc) is 3.00. The number of nitrogens with one attached hydrogen (secondary N) is 1. The van der Waals surface area contributed by atoms with Crippen molar-refractivity contribution in [1.29, 1.82) is 0 Å². The van der Waals surface area contributed by atoms with Gasteiger partial charge in [-0.1, -0.05) is 0 Å². The molecule has 0 aromatic heterocycles. The van der Waals surface area contributed by atoms with Gasteiger partial charge in [0, 0.05) is 19.5 Å². The lowest BCUT2D eigenvalue weighted by atomic mass is 10.1. The van der Waals surface area contributed by atoms with Gasteiger partial charge in [0.25, 0.3) is 0 Å². The van der Waals surface area contributed by atoms with E-state index in [2.05, 4.69) is 11.1 Å². The Balaban J connectivity index is 0. The summed E-state index contributed by atoms with van der Waals surface area (Å²) in [6.07, 6.45) is -0.195. The summed E-state index contributed by atoms with van der Waals surface area (Å²) in [7, 11) is 0. The summed E-state index contributed by atoms with van der Waals surface area (Å²) < 4.78 is 0. The Hall–Kier alpha value is -1.83. The molecular formula is C13H28N4O8. The highest BCUT2D eigenvalue weighted by Gasteiger charge is 2.27. The third-order valence-corrected chi connectivity index (χ3v) is 2.98. The molecule has 25 heavy (non-hydrogen) atoms. The summed E-state index contributed by atoms with van der Waals surface area (Å²) in [5, 5.41) is 44.7. The number of rotatable bonds is 7. The van der Waals surface area contributed by atoms with E-state index in [9.17, 15) is 14.4 Å². The zero-order chi connectivity index (χ0) is 20.0. The zero-order valence-corrected chi connectivity index (χ0v) is 13.7. The SMILES string of the molecule is NCC(=O)O.NC[C@H](O)CC[C@H](N)C(=O)O.O=C(O)[C@@H]1C[C@@H](O)CN1. The Bertz CT molecular complexity index is 409. The van der Waals surface area contributed by atoms with Crippen LogP contribution in [-0.2, 0) is 14.4 Å². The lowest BCUT2D eigenvalue weighted by Gasteiger charge is -2.09. The fourth-order valence-electron chi connectivity index (χ4n) is 1.52. The monoisotopic (exact) mass is 368 g/mol. The van der Waals surface area contributed by atoms with E-state index in [1.54, 1.807) is 0 Å². The predicted octanol–water partition coefficient (Wildman–Crippen LogP) is -3.68. The van der Waals surface area contributed by atoms with Crippen LogP contribution in [0.25, 0.3) is 0 Å². The maximum atomic E-state index is 10.2. The van der Waals surface area contributed by atoms with E-state index in [1.807, 2.05) is 0 Å². The maximum absolute atomic E-state index is 10.2. The van der Waals surface area contributed by atoms with Crippen LogP contribution < -0.4 is 22.5 Å². The molecule has 1 heterocycles. The van der Waals surface area contributed by atoms with E-state index in [0.29, 0.717) is 19.4 Å². The van der Waals surface area contributed by atoms with E-state index in [-0.39, 0.29) is 19.5 Å². The quantitative estimate of drug-likeness (QED) is 0.211. The first kappa shape index (κ1) is 25.4. The standard InChI is InChI=1S/C6H14N2O3.C5H9NO3.C2H5NO2/c7-3-4(9)1-2-5(8)6(10)11;7-3-1-4(5(8)9)6-2-3;3-1-2(4)5/h4-5,9H,1-3,7-8H2,(H,10,11);3-4,6-7H,1-2H2,(H,8,9);1,3H2,(H,4,5)/t4-,5+;3-,4+;/m11./s1. The van der Waals surface area contributed by atoms with Crippen LogP contribution in [0, 0.1) is 0 Å². The van der Waals surface area contributed by atoms with E-state index in [4.69, 9.17) is 37.0 Å². The number of β-amino-alcohol motifs (C(OH)–C–C–N with tert-alkyl or cyclic N) is 1. The lowest BCUT2D eigenvalue weighted by molar-refractivity contribution is -0.140. The molecule has 0 aliphatic carbocycles. The van der Waals surface area contributed by atoms with Gasteiger partial charge in [0.05, 0.1) is 18.8 Å². The van der Waals surface area contributed by atoms with Crippen molar-refractivity contribution in [1.82, 2.24) is 5.32 Å². The molecule has 1 saturated heterocycles. The molecule has 0 unspecified atom stereocenters. The molecule has 12 nitrogen and oxygen atoms in total. The first-order valence-corrected chi connectivity index (χ1v) is 7.47. The van der Waals surface area contributed by atoms with Crippen LogP contribution in [0.3, 0.4) is 0 Å². The molecule has 12 N–H and O–H groups in total. The molecule has 0 saturated carbocycles.